The van der Waals surface area contributed by atoms with E-state index < -0.39 is 0 Å². The van der Waals surface area contributed by atoms with Gasteiger partial charge in [-0.2, -0.15) is 0 Å². The standard InChI is InChI=1S/C19H20FN/c1-4-21-13-15(3)18(16-10-6-5-7-11-16)17-12-8-9-14(2)19(17)20/h4-13,18,21H,1H2,2-3H3/b15-13+. The van der Waals surface area contributed by atoms with Gasteiger partial charge in [0.25, 0.3) is 0 Å². The van der Waals surface area contributed by atoms with E-state index in [1.54, 1.807) is 19.2 Å². The lowest BCUT2D eigenvalue weighted by Crippen LogP contribution is -2.08. The first-order chi connectivity index (χ1) is 10.1. The van der Waals surface area contributed by atoms with Gasteiger partial charge >= 0.3 is 0 Å². The SMILES string of the molecule is C=CN/C=C(\C)C(c1ccccc1)c1cccc(C)c1F. The highest BCUT2D eigenvalue weighted by Crippen LogP contribution is 2.33. The largest absolute Gasteiger partial charge is 0.368 e. The maximum Gasteiger partial charge on any atom is 0.130 e. The van der Waals surface area contributed by atoms with Crippen LogP contribution in [0.25, 0.3) is 0 Å². The van der Waals surface area contributed by atoms with Crippen LogP contribution >= 0.6 is 0 Å². The third-order valence-corrected chi connectivity index (χ3v) is 3.55. The lowest BCUT2D eigenvalue weighted by molar-refractivity contribution is 0.596. The van der Waals surface area contributed by atoms with Crippen molar-refractivity contribution in [3.8, 4) is 0 Å². The van der Waals surface area contributed by atoms with Crippen molar-refractivity contribution < 1.29 is 4.39 Å². The Morgan fingerprint density at radius 1 is 1.14 bits per heavy atom. The van der Waals surface area contributed by atoms with E-state index in [2.05, 4.69) is 11.9 Å². The summed E-state index contributed by atoms with van der Waals surface area (Å²) in [6.45, 7) is 7.43. The van der Waals surface area contributed by atoms with Crippen molar-refractivity contribution in [1.29, 1.82) is 0 Å². The van der Waals surface area contributed by atoms with Crippen LogP contribution in [0.4, 0.5) is 4.39 Å². The molecule has 2 heteroatoms. The van der Waals surface area contributed by atoms with E-state index in [4.69, 9.17) is 0 Å². The Morgan fingerprint density at radius 3 is 2.52 bits per heavy atom. The lowest BCUT2D eigenvalue weighted by Gasteiger charge is -2.20. The van der Waals surface area contributed by atoms with Gasteiger partial charge in [-0.15, -0.1) is 0 Å². The summed E-state index contributed by atoms with van der Waals surface area (Å²) in [7, 11) is 0. The molecule has 1 N–H and O–H groups in total. The van der Waals surface area contributed by atoms with Crippen molar-refractivity contribution in [3.63, 3.8) is 0 Å². The number of rotatable bonds is 5. The summed E-state index contributed by atoms with van der Waals surface area (Å²) in [5.41, 5.74) is 3.46. The number of hydrogen-bond acceptors (Lipinski definition) is 1. The number of aryl methyl sites for hydroxylation is 1. The minimum atomic E-state index is -0.141. The third kappa shape index (κ3) is 3.40. The van der Waals surface area contributed by atoms with E-state index in [-0.39, 0.29) is 11.7 Å². The van der Waals surface area contributed by atoms with Gasteiger partial charge in [0.05, 0.1) is 0 Å². The van der Waals surface area contributed by atoms with Crippen LogP contribution in [0.2, 0.25) is 0 Å². The normalized spacial score (nSPS) is 12.8. The topological polar surface area (TPSA) is 12.0 Å². The van der Waals surface area contributed by atoms with Crippen molar-refractivity contribution in [1.82, 2.24) is 5.32 Å². The second kappa shape index (κ2) is 6.89. The Morgan fingerprint density at radius 2 is 1.86 bits per heavy atom. The fourth-order valence-electron chi connectivity index (χ4n) is 2.50. The van der Waals surface area contributed by atoms with Gasteiger partial charge in [0.15, 0.2) is 0 Å². The Kier molecular flexibility index (Phi) is 4.94. The molecule has 1 nitrogen and oxygen atoms in total. The average Bonchev–Trinajstić information content (AvgIpc) is 2.51. The Bertz CT molecular complexity index is 644. The van der Waals surface area contributed by atoms with Crippen molar-refractivity contribution in [2.24, 2.45) is 0 Å². The molecule has 2 aromatic rings. The molecule has 21 heavy (non-hydrogen) atoms. The van der Waals surface area contributed by atoms with E-state index in [9.17, 15) is 4.39 Å². The summed E-state index contributed by atoms with van der Waals surface area (Å²) in [6, 6.07) is 15.5. The molecule has 0 spiro atoms. The van der Waals surface area contributed by atoms with E-state index in [0.29, 0.717) is 11.1 Å². The lowest BCUT2D eigenvalue weighted by atomic mass is 9.85. The van der Waals surface area contributed by atoms with Gasteiger partial charge in [-0.05, 0) is 42.3 Å². The highest BCUT2D eigenvalue weighted by atomic mass is 19.1. The predicted molar refractivity (Wildman–Crippen MR) is 86.5 cm³/mol. The molecule has 0 aliphatic carbocycles. The Hall–Kier alpha value is -2.35. The van der Waals surface area contributed by atoms with Crippen LogP contribution in [0, 0.1) is 12.7 Å². The van der Waals surface area contributed by atoms with E-state index in [1.807, 2.05) is 55.6 Å². The minimum absolute atomic E-state index is 0.112. The van der Waals surface area contributed by atoms with E-state index >= 15 is 0 Å². The predicted octanol–water partition coefficient (Wildman–Crippen LogP) is 4.90. The maximum absolute atomic E-state index is 14.6. The summed E-state index contributed by atoms with van der Waals surface area (Å²) in [4.78, 5) is 0. The second-order valence-corrected chi connectivity index (χ2v) is 5.08. The van der Waals surface area contributed by atoms with Crippen LogP contribution in [0.1, 0.15) is 29.5 Å². The summed E-state index contributed by atoms with van der Waals surface area (Å²) >= 11 is 0. The van der Waals surface area contributed by atoms with E-state index in [1.165, 1.54) is 0 Å². The van der Waals surface area contributed by atoms with Gasteiger partial charge < -0.3 is 5.32 Å². The highest BCUT2D eigenvalue weighted by molar-refractivity contribution is 5.42. The quantitative estimate of drug-likeness (QED) is 0.821. The summed E-state index contributed by atoms with van der Waals surface area (Å²) in [5.74, 6) is -0.253. The molecule has 0 aliphatic rings. The van der Waals surface area contributed by atoms with Crippen molar-refractivity contribution in [2.75, 3.05) is 0 Å². The zero-order valence-corrected chi connectivity index (χ0v) is 12.4. The molecule has 108 valence electrons. The number of benzene rings is 2. The highest BCUT2D eigenvalue weighted by Gasteiger charge is 2.20. The fraction of sp³-hybridized carbons (Fsp3) is 0.158. The molecule has 2 rings (SSSR count). The van der Waals surface area contributed by atoms with E-state index in [0.717, 1.165) is 11.1 Å². The second-order valence-electron chi connectivity index (χ2n) is 5.08. The number of halogens is 1. The van der Waals surface area contributed by atoms with Crippen molar-refractivity contribution in [2.45, 2.75) is 19.8 Å². The van der Waals surface area contributed by atoms with Gasteiger partial charge in [-0.1, -0.05) is 55.1 Å². The molecular formula is C19H20FN. The molecule has 2 aromatic carbocycles. The van der Waals surface area contributed by atoms with Crippen LogP contribution in [-0.4, -0.2) is 0 Å². The summed E-state index contributed by atoms with van der Waals surface area (Å²) < 4.78 is 14.6. The monoisotopic (exact) mass is 281 g/mol. The molecule has 0 fully saturated rings. The van der Waals surface area contributed by atoms with Crippen LogP contribution in [0.5, 0.6) is 0 Å². The molecule has 0 aromatic heterocycles. The van der Waals surface area contributed by atoms with Gasteiger partial charge in [0.1, 0.15) is 5.82 Å². The Balaban J connectivity index is 2.56. The third-order valence-electron chi connectivity index (χ3n) is 3.55. The van der Waals surface area contributed by atoms with Gasteiger partial charge in [-0.25, -0.2) is 4.39 Å². The van der Waals surface area contributed by atoms with Gasteiger partial charge in [0.2, 0.25) is 0 Å². The number of allylic oxidation sites excluding steroid dienone is 1. The van der Waals surface area contributed by atoms with Crippen LogP contribution in [0.3, 0.4) is 0 Å². The first-order valence-corrected chi connectivity index (χ1v) is 6.98. The minimum Gasteiger partial charge on any atom is -0.368 e. The zero-order chi connectivity index (χ0) is 15.2. The number of nitrogens with one attached hydrogen (secondary N) is 1. The van der Waals surface area contributed by atoms with Crippen LogP contribution < -0.4 is 5.32 Å². The molecule has 0 amide bonds. The molecule has 1 unspecified atom stereocenters. The molecule has 0 saturated heterocycles. The summed E-state index contributed by atoms with van der Waals surface area (Å²) in [5, 5.41) is 2.98. The maximum atomic E-state index is 14.6. The van der Waals surface area contributed by atoms with Crippen LogP contribution in [-0.2, 0) is 0 Å². The average molecular weight is 281 g/mol. The van der Waals surface area contributed by atoms with Gasteiger partial charge in [-0.3, -0.25) is 0 Å². The first-order valence-electron chi connectivity index (χ1n) is 6.98. The van der Waals surface area contributed by atoms with Crippen molar-refractivity contribution in [3.05, 3.63) is 95.6 Å². The first kappa shape index (κ1) is 15.0. The number of hydrogen-bond donors (Lipinski definition) is 1. The molecule has 0 radical (unpaired) electrons. The molecule has 1 atom stereocenters. The fourth-order valence-corrected chi connectivity index (χ4v) is 2.50. The van der Waals surface area contributed by atoms with Crippen LogP contribution in [0.15, 0.2) is 73.1 Å². The van der Waals surface area contributed by atoms with Gasteiger partial charge in [0, 0.05) is 12.1 Å². The molecule has 0 bridgehead atoms. The zero-order valence-electron chi connectivity index (χ0n) is 12.4. The molecular weight excluding hydrogens is 261 g/mol. The Labute approximate surface area is 125 Å². The molecule has 0 heterocycles. The summed E-state index contributed by atoms with van der Waals surface area (Å²) in [6.07, 6.45) is 3.48. The smallest absolute Gasteiger partial charge is 0.130 e. The molecule has 0 saturated carbocycles. The van der Waals surface area contributed by atoms with Crippen molar-refractivity contribution >= 4 is 0 Å². The molecule has 0 aliphatic heterocycles.